The molecule has 2 aromatic rings. The molecular weight excluding hydrogens is 312 g/mol. The maximum Gasteiger partial charge on any atom is 0.231 e. The first-order chi connectivity index (χ1) is 9.26. The number of benzene rings is 2. The third kappa shape index (κ3) is 2.42. The average molecular weight is 321 g/mol. The zero-order valence-corrected chi connectivity index (χ0v) is 11.3. The van der Waals surface area contributed by atoms with Crippen LogP contribution in [0.2, 0.25) is 0 Å². The molecule has 0 N–H and O–H groups in total. The van der Waals surface area contributed by atoms with Gasteiger partial charge in [0.25, 0.3) is 0 Å². The van der Waals surface area contributed by atoms with Crippen molar-refractivity contribution in [3.8, 4) is 23.0 Å². The van der Waals surface area contributed by atoms with Gasteiger partial charge in [-0.3, -0.25) is 4.79 Å². The first-order valence-corrected chi connectivity index (χ1v) is 6.38. The summed E-state index contributed by atoms with van der Waals surface area (Å²) >= 11 is 3.31. The lowest BCUT2D eigenvalue weighted by Crippen LogP contribution is -1.93. The average Bonchev–Trinajstić information content (AvgIpc) is 2.88. The summed E-state index contributed by atoms with van der Waals surface area (Å²) < 4.78 is 17.0. The van der Waals surface area contributed by atoms with Crippen molar-refractivity contribution in [2.75, 3.05) is 6.79 Å². The van der Waals surface area contributed by atoms with Crippen LogP contribution in [0.15, 0.2) is 40.9 Å². The van der Waals surface area contributed by atoms with Gasteiger partial charge in [-0.05, 0) is 30.3 Å². The number of rotatable bonds is 3. The molecule has 0 saturated heterocycles. The summed E-state index contributed by atoms with van der Waals surface area (Å²) in [5, 5.41) is 0. The molecule has 0 aliphatic carbocycles. The van der Waals surface area contributed by atoms with Crippen LogP contribution in [-0.4, -0.2) is 13.1 Å². The minimum Gasteiger partial charge on any atom is -0.456 e. The van der Waals surface area contributed by atoms with E-state index in [1.165, 1.54) is 0 Å². The van der Waals surface area contributed by atoms with Gasteiger partial charge in [-0.2, -0.15) is 0 Å². The molecule has 0 saturated carbocycles. The topological polar surface area (TPSA) is 44.8 Å². The number of carbonyl (C=O) groups excluding carboxylic acids is 1. The molecule has 1 heterocycles. The molecule has 0 fully saturated rings. The Morgan fingerprint density at radius 1 is 1.11 bits per heavy atom. The van der Waals surface area contributed by atoms with Crippen LogP contribution in [0.4, 0.5) is 0 Å². The van der Waals surface area contributed by atoms with Crippen LogP contribution in [0.5, 0.6) is 23.0 Å². The van der Waals surface area contributed by atoms with Crippen LogP contribution in [0, 0.1) is 0 Å². The van der Waals surface area contributed by atoms with E-state index < -0.39 is 0 Å². The van der Waals surface area contributed by atoms with Gasteiger partial charge < -0.3 is 14.2 Å². The smallest absolute Gasteiger partial charge is 0.231 e. The first-order valence-electron chi connectivity index (χ1n) is 5.58. The van der Waals surface area contributed by atoms with Gasteiger partial charge in [0.2, 0.25) is 6.79 Å². The molecule has 0 unspecified atom stereocenters. The summed E-state index contributed by atoms with van der Waals surface area (Å²) in [4.78, 5) is 11.0. The molecule has 5 heteroatoms. The molecule has 96 valence electrons. The number of hydrogen-bond donors (Lipinski definition) is 0. The van der Waals surface area contributed by atoms with Crippen LogP contribution < -0.4 is 14.2 Å². The van der Waals surface area contributed by atoms with Crippen molar-refractivity contribution in [2.24, 2.45) is 0 Å². The molecule has 0 amide bonds. The summed E-state index contributed by atoms with van der Waals surface area (Å²) in [5.74, 6) is 2.42. The van der Waals surface area contributed by atoms with Gasteiger partial charge in [0.15, 0.2) is 17.8 Å². The lowest BCUT2D eigenvalue weighted by molar-refractivity contribution is 0.112. The first kappa shape index (κ1) is 12.0. The van der Waals surface area contributed by atoms with E-state index in [1.54, 1.807) is 30.3 Å². The molecule has 3 rings (SSSR count). The number of fused-ring (bicyclic) bond motifs is 1. The minimum absolute atomic E-state index is 0.219. The Kier molecular flexibility index (Phi) is 3.13. The summed E-state index contributed by atoms with van der Waals surface area (Å²) in [6.45, 7) is 0.219. The van der Waals surface area contributed by atoms with E-state index in [0.29, 0.717) is 28.6 Å². The zero-order valence-electron chi connectivity index (χ0n) is 9.76. The van der Waals surface area contributed by atoms with Crippen LogP contribution in [-0.2, 0) is 0 Å². The zero-order chi connectivity index (χ0) is 13.2. The highest BCUT2D eigenvalue weighted by Crippen LogP contribution is 2.37. The number of halogens is 1. The maximum atomic E-state index is 11.0. The number of aldehydes is 1. The molecule has 4 nitrogen and oxygen atoms in total. The Labute approximate surface area is 118 Å². The Bertz CT molecular complexity index is 639. The third-order valence-electron chi connectivity index (χ3n) is 2.67. The molecule has 0 radical (unpaired) electrons. The van der Waals surface area contributed by atoms with Crippen molar-refractivity contribution in [3.63, 3.8) is 0 Å². The summed E-state index contributed by atoms with van der Waals surface area (Å²) in [7, 11) is 0. The monoisotopic (exact) mass is 320 g/mol. The number of carbonyl (C=O) groups is 1. The fourth-order valence-corrected chi connectivity index (χ4v) is 2.15. The van der Waals surface area contributed by atoms with Crippen molar-refractivity contribution in [1.82, 2.24) is 0 Å². The highest BCUT2D eigenvalue weighted by atomic mass is 79.9. The van der Waals surface area contributed by atoms with Gasteiger partial charge in [0.1, 0.15) is 11.5 Å². The van der Waals surface area contributed by atoms with E-state index in [0.717, 1.165) is 10.8 Å². The van der Waals surface area contributed by atoms with Crippen LogP contribution in [0.1, 0.15) is 10.4 Å². The Morgan fingerprint density at radius 3 is 2.79 bits per heavy atom. The third-order valence-corrected chi connectivity index (χ3v) is 3.16. The second-order valence-corrected chi connectivity index (χ2v) is 4.83. The van der Waals surface area contributed by atoms with E-state index in [4.69, 9.17) is 14.2 Å². The maximum absolute atomic E-state index is 11.0. The Balaban J connectivity index is 1.91. The summed E-state index contributed by atoms with van der Waals surface area (Å²) in [6.07, 6.45) is 0.757. The van der Waals surface area contributed by atoms with Crippen LogP contribution >= 0.6 is 15.9 Å². The van der Waals surface area contributed by atoms with Gasteiger partial charge >= 0.3 is 0 Å². The second-order valence-electron chi connectivity index (χ2n) is 3.92. The van der Waals surface area contributed by atoms with E-state index in [1.807, 2.05) is 6.07 Å². The number of hydrogen-bond acceptors (Lipinski definition) is 4. The Morgan fingerprint density at radius 2 is 1.95 bits per heavy atom. The lowest BCUT2D eigenvalue weighted by Gasteiger charge is -2.08. The van der Waals surface area contributed by atoms with Crippen molar-refractivity contribution in [2.45, 2.75) is 0 Å². The molecule has 0 spiro atoms. The van der Waals surface area contributed by atoms with Crippen molar-refractivity contribution >= 4 is 22.2 Å². The fraction of sp³-hybridized carbons (Fsp3) is 0.0714. The minimum atomic E-state index is 0.219. The van der Waals surface area contributed by atoms with E-state index in [2.05, 4.69) is 15.9 Å². The highest BCUT2D eigenvalue weighted by Gasteiger charge is 2.14. The van der Waals surface area contributed by atoms with Crippen molar-refractivity contribution in [3.05, 3.63) is 46.4 Å². The molecule has 2 aromatic carbocycles. The molecule has 1 aliphatic rings. The fourth-order valence-electron chi connectivity index (χ4n) is 1.77. The van der Waals surface area contributed by atoms with Gasteiger partial charge in [0, 0.05) is 10.5 Å². The quantitative estimate of drug-likeness (QED) is 0.807. The molecular formula is C14H9BrO4. The van der Waals surface area contributed by atoms with Gasteiger partial charge in [-0.25, -0.2) is 0 Å². The predicted molar refractivity (Wildman–Crippen MR) is 72.2 cm³/mol. The number of ether oxygens (including phenoxy) is 3. The lowest BCUT2D eigenvalue weighted by atomic mass is 10.2. The standard InChI is InChI=1S/C14H9BrO4/c15-10-1-3-12(9(5-10)7-16)19-11-2-4-13-14(6-11)18-8-17-13/h1-7H,8H2. The van der Waals surface area contributed by atoms with E-state index >= 15 is 0 Å². The SMILES string of the molecule is O=Cc1cc(Br)ccc1Oc1ccc2c(c1)OCO2. The molecule has 0 aromatic heterocycles. The van der Waals surface area contributed by atoms with E-state index in [9.17, 15) is 4.79 Å². The summed E-state index contributed by atoms with van der Waals surface area (Å²) in [5.41, 5.74) is 0.479. The predicted octanol–water partition coefficient (Wildman–Crippen LogP) is 3.78. The normalized spacial score (nSPS) is 12.3. The van der Waals surface area contributed by atoms with Crippen LogP contribution in [0.25, 0.3) is 0 Å². The van der Waals surface area contributed by atoms with Gasteiger partial charge in [0.05, 0.1) is 5.56 Å². The Hall–Kier alpha value is -2.01. The summed E-state index contributed by atoms with van der Waals surface area (Å²) in [6, 6.07) is 10.5. The molecule has 1 aliphatic heterocycles. The molecule has 0 atom stereocenters. The highest BCUT2D eigenvalue weighted by molar-refractivity contribution is 9.10. The van der Waals surface area contributed by atoms with E-state index in [-0.39, 0.29) is 6.79 Å². The van der Waals surface area contributed by atoms with Crippen molar-refractivity contribution in [1.29, 1.82) is 0 Å². The second kappa shape index (κ2) is 4.93. The van der Waals surface area contributed by atoms with Gasteiger partial charge in [-0.15, -0.1) is 0 Å². The molecule has 0 bridgehead atoms. The molecule has 19 heavy (non-hydrogen) atoms. The van der Waals surface area contributed by atoms with Crippen molar-refractivity contribution < 1.29 is 19.0 Å². The largest absolute Gasteiger partial charge is 0.456 e. The van der Waals surface area contributed by atoms with Gasteiger partial charge in [-0.1, -0.05) is 15.9 Å². The van der Waals surface area contributed by atoms with Crippen LogP contribution in [0.3, 0.4) is 0 Å².